The lowest BCUT2D eigenvalue weighted by atomic mass is 10.1. The van der Waals surface area contributed by atoms with Crippen LogP contribution in [0.4, 0.5) is 0 Å². The summed E-state index contributed by atoms with van der Waals surface area (Å²) in [4.78, 5) is 17.7. The molecule has 4 aromatic rings. The highest BCUT2D eigenvalue weighted by atomic mass is 16.5. The SMILES string of the molecule is COc1ccc(-n2c(=O)n(Cc3cc(OC)c(OC)c(OC)c3)c3ccncc32)cc1. The van der Waals surface area contributed by atoms with Crippen molar-refractivity contribution in [3.05, 3.63) is 70.9 Å². The van der Waals surface area contributed by atoms with Gasteiger partial charge in [-0.15, -0.1) is 0 Å². The minimum absolute atomic E-state index is 0.179. The molecule has 0 saturated carbocycles. The molecule has 0 atom stereocenters. The number of aromatic nitrogens is 3. The summed E-state index contributed by atoms with van der Waals surface area (Å²) in [6, 6.07) is 12.8. The van der Waals surface area contributed by atoms with Crippen molar-refractivity contribution in [2.75, 3.05) is 28.4 Å². The number of rotatable bonds is 7. The van der Waals surface area contributed by atoms with Gasteiger partial charge in [0.1, 0.15) is 5.75 Å². The van der Waals surface area contributed by atoms with E-state index in [1.54, 1.807) is 50.0 Å². The predicted molar refractivity (Wildman–Crippen MR) is 117 cm³/mol. The fourth-order valence-electron chi connectivity index (χ4n) is 3.65. The largest absolute Gasteiger partial charge is 0.497 e. The number of benzene rings is 2. The van der Waals surface area contributed by atoms with E-state index in [2.05, 4.69) is 4.98 Å². The number of methoxy groups -OCH3 is 4. The van der Waals surface area contributed by atoms with Gasteiger partial charge in [0.05, 0.1) is 57.9 Å². The van der Waals surface area contributed by atoms with Crippen molar-refractivity contribution in [3.63, 3.8) is 0 Å². The molecule has 160 valence electrons. The van der Waals surface area contributed by atoms with Gasteiger partial charge < -0.3 is 18.9 Å². The van der Waals surface area contributed by atoms with Crippen molar-refractivity contribution in [3.8, 4) is 28.7 Å². The maximum Gasteiger partial charge on any atom is 0.334 e. The minimum atomic E-state index is -0.179. The third-order valence-electron chi connectivity index (χ3n) is 5.13. The Balaban J connectivity index is 1.86. The van der Waals surface area contributed by atoms with Gasteiger partial charge in [0.15, 0.2) is 11.5 Å². The summed E-state index contributed by atoms with van der Waals surface area (Å²) in [6.45, 7) is 0.319. The molecule has 0 bridgehead atoms. The zero-order chi connectivity index (χ0) is 22.0. The van der Waals surface area contributed by atoms with Crippen LogP contribution in [0, 0.1) is 0 Å². The van der Waals surface area contributed by atoms with Crippen LogP contribution in [0.2, 0.25) is 0 Å². The van der Waals surface area contributed by atoms with Crippen LogP contribution in [0.3, 0.4) is 0 Å². The standard InChI is InChI=1S/C23H23N3O5/c1-28-17-7-5-16(6-8-17)26-19-13-24-10-9-18(19)25(23(26)27)14-15-11-20(29-2)22(31-4)21(12-15)30-3/h5-13H,14H2,1-4H3. The van der Waals surface area contributed by atoms with Crippen LogP contribution in [0.5, 0.6) is 23.0 Å². The number of imidazole rings is 1. The van der Waals surface area contributed by atoms with Crippen molar-refractivity contribution < 1.29 is 18.9 Å². The summed E-state index contributed by atoms with van der Waals surface area (Å²) < 4.78 is 24.9. The topological polar surface area (TPSA) is 76.7 Å². The fourth-order valence-corrected chi connectivity index (χ4v) is 3.65. The van der Waals surface area contributed by atoms with Crippen LogP contribution in [0.1, 0.15) is 5.56 Å². The van der Waals surface area contributed by atoms with E-state index in [1.807, 2.05) is 42.5 Å². The summed E-state index contributed by atoms with van der Waals surface area (Å²) in [5.74, 6) is 2.29. The smallest absolute Gasteiger partial charge is 0.334 e. The molecule has 2 heterocycles. The lowest BCUT2D eigenvalue weighted by Crippen LogP contribution is -2.23. The van der Waals surface area contributed by atoms with Crippen LogP contribution in [0.15, 0.2) is 59.7 Å². The van der Waals surface area contributed by atoms with Gasteiger partial charge in [-0.25, -0.2) is 4.79 Å². The third kappa shape index (κ3) is 3.56. The first-order valence-corrected chi connectivity index (χ1v) is 9.59. The van der Waals surface area contributed by atoms with Crippen LogP contribution in [-0.4, -0.2) is 42.6 Å². The number of ether oxygens (including phenoxy) is 4. The number of fused-ring (bicyclic) bond motifs is 1. The second-order valence-corrected chi connectivity index (χ2v) is 6.80. The third-order valence-corrected chi connectivity index (χ3v) is 5.13. The Hall–Kier alpha value is -3.94. The van der Waals surface area contributed by atoms with Crippen molar-refractivity contribution in [1.82, 2.24) is 14.1 Å². The molecule has 0 amide bonds. The van der Waals surface area contributed by atoms with Gasteiger partial charge in [-0.1, -0.05) is 0 Å². The Labute approximate surface area is 179 Å². The highest BCUT2D eigenvalue weighted by Gasteiger charge is 2.18. The first kappa shape index (κ1) is 20.3. The highest BCUT2D eigenvalue weighted by Crippen LogP contribution is 2.38. The highest BCUT2D eigenvalue weighted by molar-refractivity contribution is 5.77. The van der Waals surface area contributed by atoms with Crippen LogP contribution >= 0.6 is 0 Å². The molecular formula is C23H23N3O5. The number of hydrogen-bond donors (Lipinski definition) is 0. The summed E-state index contributed by atoms with van der Waals surface area (Å²) in [5.41, 5.74) is 2.87. The Morgan fingerprint density at radius 2 is 1.52 bits per heavy atom. The van der Waals surface area contributed by atoms with Gasteiger partial charge in [0, 0.05) is 6.20 Å². The van der Waals surface area contributed by atoms with E-state index in [0.29, 0.717) is 29.3 Å². The molecule has 2 aromatic heterocycles. The maximum atomic E-state index is 13.5. The number of nitrogens with zero attached hydrogens (tertiary/aromatic N) is 3. The van der Waals surface area contributed by atoms with E-state index < -0.39 is 0 Å². The van der Waals surface area contributed by atoms with Crippen molar-refractivity contribution in [1.29, 1.82) is 0 Å². The van der Waals surface area contributed by atoms with E-state index in [9.17, 15) is 4.79 Å². The van der Waals surface area contributed by atoms with Crippen molar-refractivity contribution in [2.45, 2.75) is 6.54 Å². The van der Waals surface area contributed by atoms with E-state index in [0.717, 1.165) is 22.5 Å². The zero-order valence-corrected chi connectivity index (χ0v) is 17.8. The van der Waals surface area contributed by atoms with Crippen LogP contribution in [0.25, 0.3) is 16.7 Å². The van der Waals surface area contributed by atoms with E-state index in [1.165, 1.54) is 0 Å². The Kier molecular flexibility index (Phi) is 5.53. The number of pyridine rings is 1. The van der Waals surface area contributed by atoms with Gasteiger partial charge in [-0.05, 0) is 48.0 Å². The quantitative estimate of drug-likeness (QED) is 0.456. The molecular weight excluding hydrogens is 398 g/mol. The molecule has 0 aliphatic heterocycles. The van der Waals surface area contributed by atoms with Crippen molar-refractivity contribution >= 4 is 11.0 Å². The molecule has 0 spiro atoms. The lowest BCUT2D eigenvalue weighted by molar-refractivity contribution is 0.323. The molecule has 4 rings (SSSR count). The fraction of sp³-hybridized carbons (Fsp3) is 0.217. The summed E-state index contributed by atoms with van der Waals surface area (Å²) in [5, 5.41) is 0. The molecule has 0 unspecified atom stereocenters. The normalized spacial score (nSPS) is 10.8. The second-order valence-electron chi connectivity index (χ2n) is 6.80. The maximum absolute atomic E-state index is 13.5. The van der Waals surface area contributed by atoms with E-state index in [-0.39, 0.29) is 5.69 Å². The van der Waals surface area contributed by atoms with Gasteiger partial charge in [-0.3, -0.25) is 14.1 Å². The molecule has 8 nitrogen and oxygen atoms in total. The molecule has 0 aliphatic carbocycles. The first-order valence-electron chi connectivity index (χ1n) is 9.59. The Bertz CT molecular complexity index is 1250. The van der Waals surface area contributed by atoms with Gasteiger partial charge in [0.25, 0.3) is 0 Å². The summed E-state index contributed by atoms with van der Waals surface area (Å²) in [6.07, 6.45) is 3.36. The average Bonchev–Trinajstić information content (AvgIpc) is 3.09. The molecule has 0 N–H and O–H groups in total. The van der Waals surface area contributed by atoms with Gasteiger partial charge >= 0.3 is 5.69 Å². The van der Waals surface area contributed by atoms with Gasteiger partial charge in [0.2, 0.25) is 5.75 Å². The minimum Gasteiger partial charge on any atom is -0.497 e. The monoisotopic (exact) mass is 421 g/mol. The van der Waals surface area contributed by atoms with Crippen LogP contribution < -0.4 is 24.6 Å². The average molecular weight is 421 g/mol. The summed E-state index contributed by atoms with van der Waals surface area (Å²) >= 11 is 0. The molecule has 0 aliphatic rings. The zero-order valence-electron chi connectivity index (χ0n) is 17.8. The molecule has 0 saturated heterocycles. The van der Waals surface area contributed by atoms with Crippen molar-refractivity contribution in [2.24, 2.45) is 0 Å². The van der Waals surface area contributed by atoms with Gasteiger partial charge in [-0.2, -0.15) is 0 Å². The Morgan fingerprint density at radius 1 is 0.839 bits per heavy atom. The Morgan fingerprint density at radius 3 is 2.10 bits per heavy atom. The molecule has 31 heavy (non-hydrogen) atoms. The van der Waals surface area contributed by atoms with Crippen LogP contribution in [-0.2, 0) is 6.54 Å². The summed E-state index contributed by atoms with van der Waals surface area (Å²) in [7, 11) is 6.29. The first-order chi connectivity index (χ1) is 15.1. The molecule has 2 aromatic carbocycles. The lowest BCUT2D eigenvalue weighted by Gasteiger charge is -2.14. The molecule has 0 radical (unpaired) electrons. The molecule has 8 heteroatoms. The molecule has 0 fully saturated rings. The predicted octanol–water partition coefficient (Wildman–Crippen LogP) is 3.27. The second kappa shape index (κ2) is 8.43. The van der Waals surface area contributed by atoms with E-state index >= 15 is 0 Å². The number of hydrogen-bond acceptors (Lipinski definition) is 6. The van der Waals surface area contributed by atoms with E-state index in [4.69, 9.17) is 18.9 Å².